The zero-order valence-electron chi connectivity index (χ0n) is 20.1. The Hall–Kier alpha value is -2.78. The van der Waals surface area contributed by atoms with Crippen molar-refractivity contribution in [3.05, 3.63) is 95.3 Å². The first-order chi connectivity index (χ1) is 16.8. The van der Waals surface area contributed by atoms with E-state index in [2.05, 4.69) is 21.9 Å². The lowest BCUT2D eigenvalue weighted by atomic mass is 10.1. The van der Waals surface area contributed by atoms with E-state index >= 15 is 0 Å². The SMILES string of the molecule is Cc1ccc(C(CN2CCN[C@H](C)C2)Oc2ccc(S(=O)(=O)NCc3ccccc3)cc2)cc1F. The molecule has 0 spiro atoms. The van der Waals surface area contributed by atoms with E-state index in [-0.39, 0.29) is 17.3 Å². The van der Waals surface area contributed by atoms with E-state index < -0.39 is 16.1 Å². The van der Waals surface area contributed by atoms with Crippen LogP contribution in [0.25, 0.3) is 0 Å². The van der Waals surface area contributed by atoms with Gasteiger partial charge in [-0.05, 0) is 60.9 Å². The molecular weight excluding hydrogens is 465 g/mol. The van der Waals surface area contributed by atoms with E-state index in [1.54, 1.807) is 25.1 Å². The standard InChI is InChI=1S/C27H32FN3O3S/c1-20-8-9-23(16-26(20)28)27(19-31-15-14-29-21(2)18-31)34-24-10-12-25(13-11-24)35(32,33)30-17-22-6-4-3-5-7-22/h3-13,16,21,27,29-30H,14-15,17-19H2,1-2H3/t21-,27?/m1/s1. The van der Waals surface area contributed by atoms with E-state index in [1.807, 2.05) is 36.4 Å². The van der Waals surface area contributed by atoms with Crippen LogP contribution in [-0.2, 0) is 16.6 Å². The predicted octanol–water partition coefficient (Wildman–Crippen LogP) is 4.03. The molecule has 1 fully saturated rings. The number of nitrogens with one attached hydrogen (secondary N) is 2. The van der Waals surface area contributed by atoms with Crippen LogP contribution in [0.2, 0.25) is 0 Å². The number of rotatable bonds is 9. The zero-order valence-corrected chi connectivity index (χ0v) is 20.9. The summed E-state index contributed by atoms with van der Waals surface area (Å²) < 4.78 is 48.7. The van der Waals surface area contributed by atoms with Crippen LogP contribution >= 0.6 is 0 Å². The molecule has 0 aromatic heterocycles. The Morgan fingerprint density at radius 1 is 1.11 bits per heavy atom. The molecule has 3 aromatic rings. The number of ether oxygens (including phenoxy) is 1. The van der Waals surface area contributed by atoms with Gasteiger partial charge in [-0.15, -0.1) is 0 Å². The highest BCUT2D eigenvalue weighted by Gasteiger charge is 2.23. The molecule has 2 N–H and O–H groups in total. The van der Waals surface area contributed by atoms with Crippen molar-refractivity contribution in [1.82, 2.24) is 14.9 Å². The van der Waals surface area contributed by atoms with Crippen LogP contribution in [-0.4, -0.2) is 45.5 Å². The maximum atomic E-state index is 14.3. The molecule has 1 saturated heterocycles. The van der Waals surface area contributed by atoms with E-state index in [0.29, 0.717) is 23.9 Å². The molecule has 2 atom stereocenters. The molecule has 3 aromatic carbocycles. The van der Waals surface area contributed by atoms with Crippen molar-refractivity contribution in [2.24, 2.45) is 0 Å². The number of halogens is 1. The monoisotopic (exact) mass is 497 g/mol. The Morgan fingerprint density at radius 2 is 1.86 bits per heavy atom. The Morgan fingerprint density at radius 3 is 2.54 bits per heavy atom. The number of hydrogen-bond donors (Lipinski definition) is 2. The number of aryl methyl sites for hydroxylation is 1. The fourth-order valence-electron chi connectivity index (χ4n) is 4.15. The van der Waals surface area contributed by atoms with Gasteiger partial charge in [0.1, 0.15) is 17.7 Å². The molecule has 0 bridgehead atoms. The minimum Gasteiger partial charge on any atom is -0.484 e. The van der Waals surface area contributed by atoms with Gasteiger partial charge in [0, 0.05) is 38.8 Å². The second-order valence-electron chi connectivity index (χ2n) is 9.01. The van der Waals surface area contributed by atoms with Crippen LogP contribution in [0.15, 0.2) is 77.7 Å². The molecule has 0 radical (unpaired) electrons. The molecule has 1 heterocycles. The fourth-order valence-corrected chi connectivity index (χ4v) is 5.17. The highest BCUT2D eigenvalue weighted by atomic mass is 32.2. The molecule has 35 heavy (non-hydrogen) atoms. The molecule has 6 nitrogen and oxygen atoms in total. The van der Waals surface area contributed by atoms with E-state index in [1.165, 1.54) is 18.2 Å². The second kappa shape index (κ2) is 11.3. The molecule has 186 valence electrons. The van der Waals surface area contributed by atoms with Gasteiger partial charge in [0.2, 0.25) is 10.0 Å². The highest BCUT2D eigenvalue weighted by Crippen LogP contribution is 2.26. The Kier molecular flexibility index (Phi) is 8.18. The first-order valence-electron chi connectivity index (χ1n) is 11.8. The summed E-state index contributed by atoms with van der Waals surface area (Å²) in [7, 11) is -3.67. The second-order valence-corrected chi connectivity index (χ2v) is 10.8. The molecule has 1 unspecified atom stereocenters. The van der Waals surface area contributed by atoms with Gasteiger partial charge in [0.15, 0.2) is 0 Å². The van der Waals surface area contributed by atoms with Crippen LogP contribution in [0, 0.1) is 12.7 Å². The minimum absolute atomic E-state index is 0.162. The maximum Gasteiger partial charge on any atom is 0.240 e. The van der Waals surface area contributed by atoms with Crippen molar-refractivity contribution < 1.29 is 17.5 Å². The molecule has 0 saturated carbocycles. The third-order valence-corrected chi connectivity index (χ3v) is 7.58. The lowest BCUT2D eigenvalue weighted by Crippen LogP contribution is -2.50. The largest absolute Gasteiger partial charge is 0.484 e. The average Bonchev–Trinajstić information content (AvgIpc) is 2.85. The van der Waals surface area contributed by atoms with Crippen LogP contribution in [0.1, 0.15) is 29.7 Å². The van der Waals surface area contributed by atoms with E-state index in [4.69, 9.17) is 4.74 Å². The van der Waals surface area contributed by atoms with Crippen LogP contribution in [0.3, 0.4) is 0 Å². The zero-order chi connectivity index (χ0) is 24.8. The van der Waals surface area contributed by atoms with Crippen molar-refractivity contribution in [2.45, 2.75) is 37.4 Å². The fraction of sp³-hybridized carbons (Fsp3) is 0.333. The van der Waals surface area contributed by atoms with Crippen molar-refractivity contribution in [1.29, 1.82) is 0 Å². The summed E-state index contributed by atoms with van der Waals surface area (Å²) in [4.78, 5) is 2.46. The summed E-state index contributed by atoms with van der Waals surface area (Å²) >= 11 is 0. The highest BCUT2D eigenvalue weighted by molar-refractivity contribution is 7.89. The van der Waals surface area contributed by atoms with Crippen LogP contribution < -0.4 is 14.8 Å². The van der Waals surface area contributed by atoms with Gasteiger partial charge < -0.3 is 10.1 Å². The van der Waals surface area contributed by atoms with Gasteiger partial charge in [0.25, 0.3) is 0 Å². The molecular formula is C27H32FN3O3S. The van der Waals surface area contributed by atoms with Crippen molar-refractivity contribution in [2.75, 3.05) is 26.2 Å². The topological polar surface area (TPSA) is 70.7 Å². The van der Waals surface area contributed by atoms with Gasteiger partial charge in [-0.25, -0.2) is 17.5 Å². The Balaban J connectivity index is 1.48. The van der Waals surface area contributed by atoms with Crippen molar-refractivity contribution >= 4 is 10.0 Å². The Bertz CT molecular complexity index is 1220. The maximum absolute atomic E-state index is 14.3. The summed E-state index contributed by atoms with van der Waals surface area (Å²) in [6.07, 6.45) is -0.394. The number of piperazine rings is 1. The average molecular weight is 498 g/mol. The summed E-state index contributed by atoms with van der Waals surface area (Å²) in [5.41, 5.74) is 2.22. The van der Waals surface area contributed by atoms with Gasteiger partial charge in [0.05, 0.1) is 4.90 Å². The summed E-state index contributed by atoms with van der Waals surface area (Å²) in [6.45, 7) is 7.33. The van der Waals surface area contributed by atoms with E-state index in [9.17, 15) is 12.8 Å². The number of benzene rings is 3. The van der Waals surface area contributed by atoms with Crippen molar-refractivity contribution in [3.8, 4) is 5.75 Å². The third-order valence-electron chi connectivity index (χ3n) is 6.17. The minimum atomic E-state index is -3.67. The van der Waals surface area contributed by atoms with Gasteiger partial charge in [-0.1, -0.05) is 42.5 Å². The number of hydrogen-bond acceptors (Lipinski definition) is 5. The summed E-state index contributed by atoms with van der Waals surface area (Å²) in [5.74, 6) is 0.261. The lowest BCUT2D eigenvalue weighted by Gasteiger charge is -2.34. The molecule has 1 aliphatic rings. The molecule has 0 amide bonds. The Labute approximate surface area is 207 Å². The quantitative estimate of drug-likeness (QED) is 0.467. The normalized spacial score (nSPS) is 17.7. The third kappa shape index (κ3) is 6.89. The lowest BCUT2D eigenvalue weighted by molar-refractivity contribution is 0.112. The molecule has 4 rings (SSSR count). The smallest absolute Gasteiger partial charge is 0.240 e. The summed E-state index contributed by atoms with van der Waals surface area (Å²) in [6, 6.07) is 21.3. The van der Waals surface area contributed by atoms with Crippen LogP contribution in [0.5, 0.6) is 5.75 Å². The molecule has 8 heteroatoms. The number of nitrogens with zero attached hydrogens (tertiary/aromatic N) is 1. The first kappa shape index (κ1) is 25.3. The van der Waals surface area contributed by atoms with Gasteiger partial charge >= 0.3 is 0 Å². The molecule has 1 aliphatic heterocycles. The number of sulfonamides is 1. The molecule has 0 aliphatic carbocycles. The summed E-state index contributed by atoms with van der Waals surface area (Å²) in [5, 5.41) is 3.43. The first-order valence-corrected chi connectivity index (χ1v) is 13.3. The van der Waals surface area contributed by atoms with Gasteiger partial charge in [-0.2, -0.15) is 0 Å². The van der Waals surface area contributed by atoms with Crippen molar-refractivity contribution in [3.63, 3.8) is 0 Å². The predicted molar refractivity (Wildman–Crippen MR) is 135 cm³/mol. The van der Waals surface area contributed by atoms with Crippen LogP contribution in [0.4, 0.5) is 4.39 Å². The van der Waals surface area contributed by atoms with Gasteiger partial charge in [-0.3, -0.25) is 4.90 Å². The van der Waals surface area contributed by atoms with E-state index in [0.717, 1.165) is 30.8 Å².